The van der Waals surface area contributed by atoms with Crippen LogP contribution in [0.5, 0.6) is 0 Å². The molecule has 4 aromatic heterocycles. The fraction of sp³-hybridized carbons (Fsp3) is 0.364. The Morgan fingerprint density at radius 1 is 1.23 bits per heavy atom. The van der Waals surface area contributed by atoms with Gasteiger partial charge in [-0.25, -0.2) is 18.9 Å². The smallest absolute Gasteiger partial charge is 0.308 e. The molecule has 3 fully saturated rings. The zero-order chi connectivity index (χ0) is 21.1. The summed E-state index contributed by atoms with van der Waals surface area (Å²) >= 11 is 0. The van der Waals surface area contributed by atoms with Gasteiger partial charge < -0.3 is 15.4 Å². The molecule has 0 aliphatic heterocycles. The number of anilines is 1. The number of carboxylic acids is 1. The van der Waals surface area contributed by atoms with Crippen molar-refractivity contribution in [2.45, 2.75) is 31.7 Å². The fourth-order valence-corrected chi connectivity index (χ4v) is 5.51. The van der Waals surface area contributed by atoms with Crippen molar-refractivity contribution < 1.29 is 14.3 Å². The third-order valence-electron chi connectivity index (χ3n) is 6.96. The van der Waals surface area contributed by atoms with Crippen LogP contribution >= 0.6 is 0 Å². The number of hydrogen-bond donors (Lipinski definition) is 3. The summed E-state index contributed by atoms with van der Waals surface area (Å²) in [5.41, 5.74) is 1.69. The van der Waals surface area contributed by atoms with Crippen LogP contribution in [0.15, 0.2) is 36.8 Å². The molecule has 7 rings (SSSR count). The third-order valence-corrected chi connectivity index (χ3v) is 6.96. The van der Waals surface area contributed by atoms with Gasteiger partial charge in [-0.05, 0) is 55.7 Å². The summed E-state index contributed by atoms with van der Waals surface area (Å²) in [5.74, 6) is -0.611. The molecule has 0 spiro atoms. The van der Waals surface area contributed by atoms with E-state index in [-0.39, 0.29) is 23.4 Å². The Hall–Kier alpha value is -3.49. The molecule has 4 aromatic rings. The molecule has 3 N–H and O–H groups in total. The Morgan fingerprint density at radius 3 is 2.84 bits per heavy atom. The number of aliphatic carboxylic acids is 1. The van der Waals surface area contributed by atoms with Crippen molar-refractivity contribution in [2.75, 3.05) is 5.32 Å². The number of pyridine rings is 1. The molecule has 0 amide bonds. The van der Waals surface area contributed by atoms with Crippen molar-refractivity contribution in [3.63, 3.8) is 0 Å². The molecule has 0 aromatic carbocycles. The molecule has 9 heteroatoms. The maximum absolute atomic E-state index is 14.7. The van der Waals surface area contributed by atoms with E-state index >= 15 is 0 Å². The van der Waals surface area contributed by atoms with Crippen LogP contribution in [-0.2, 0) is 4.79 Å². The molecule has 3 aliphatic carbocycles. The number of rotatable bonds is 4. The lowest BCUT2D eigenvalue weighted by molar-refractivity contribution is -0.148. The SMILES string of the molecule is O=C(O)C1C2CCC(CC2)C1Nc1nc(-c2c[nH]c3ncccc23)nn2ccc(F)c12. The zero-order valence-electron chi connectivity index (χ0n) is 16.6. The predicted octanol–water partition coefficient (Wildman–Crippen LogP) is 3.71. The minimum Gasteiger partial charge on any atom is -0.481 e. The van der Waals surface area contributed by atoms with Gasteiger partial charge in [0.25, 0.3) is 0 Å². The quantitative estimate of drug-likeness (QED) is 0.464. The van der Waals surface area contributed by atoms with Crippen molar-refractivity contribution in [3.05, 3.63) is 42.6 Å². The van der Waals surface area contributed by atoms with Crippen molar-refractivity contribution in [1.82, 2.24) is 24.6 Å². The summed E-state index contributed by atoms with van der Waals surface area (Å²) < 4.78 is 16.1. The lowest BCUT2D eigenvalue weighted by atomic mass is 9.61. The Labute approximate surface area is 176 Å². The van der Waals surface area contributed by atoms with Gasteiger partial charge in [0.2, 0.25) is 0 Å². The lowest BCUT2D eigenvalue weighted by Crippen LogP contribution is -2.51. The fourth-order valence-electron chi connectivity index (χ4n) is 5.51. The molecule has 2 unspecified atom stereocenters. The maximum Gasteiger partial charge on any atom is 0.308 e. The lowest BCUT2D eigenvalue weighted by Gasteiger charge is -2.47. The molecule has 4 heterocycles. The van der Waals surface area contributed by atoms with E-state index in [1.165, 1.54) is 10.6 Å². The predicted molar refractivity (Wildman–Crippen MR) is 112 cm³/mol. The summed E-state index contributed by atoms with van der Waals surface area (Å²) in [7, 11) is 0. The molecular formula is C22H21FN6O2. The first-order chi connectivity index (χ1) is 15.1. The molecule has 2 bridgehead atoms. The van der Waals surface area contributed by atoms with Crippen molar-refractivity contribution >= 4 is 28.3 Å². The van der Waals surface area contributed by atoms with Gasteiger partial charge in [-0.2, -0.15) is 0 Å². The van der Waals surface area contributed by atoms with Crippen molar-refractivity contribution in [3.8, 4) is 11.4 Å². The first-order valence-electron chi connectivity index (χ1n) is 10.6. The summed E-state index contributed by atoms with van der Waals surface area (Å²) in [4.78, 5) is 24.2. The van der Waals surface area contributed by atoms with Gasteiger partial charge in [0, 0.05) is 35.6 Å². The highest BCUT2D eigenvalue weighted by Gasteiger charge is 2.47. The molecule has 2 atom stereocenters. The number of nitrogens with zero attached hydrogens (tertiary/aromatic N) is 4. The van der Waals surface area contributed by atoms with E-state index < -0.39 is 17.7 Å². The van der Waals surface area contributed by atoms with Gasteiger partial charge in [0.05, 0.1) is 5.92 Å². The Bertz CT molecular complexity index is 1310. The number of hydrogen-bond acceptors (Lipinski definition) is 5. The van der Waals surface area contributed by atoms with Gasteiger partial charge in [0.1, 0.15) is 11.2 Å². The van der Waals surface area contributed by atoms with Crippen LogP contribution in [-0.4, -0.2) is 41.7 Å². The van der Waals surface area contributed by atoms with Crippen LogP contribution in [0.25, 0.3) is 27.9 Å². The Balaban J connectivity index is 1.48. The first-order valence-corrected chi connectivity index (χ1v) is 10.6. The van der Waals surface area contributed by atoms with E-state index in [1.807, 2.05) is 12.1 Å². The monoisotopic (exact) mass is 420 g/mol. The number of nitrogens with one attached hydrogen (secondary N) is 2. The number of halogens is 1. The third kappa shape index (κ3) is 2.79. The van der Waals surface area contributed by atoms with Crippen LogP contribution in [0.2, 0.25) is 0 Å². The Morgan fingerprint density at radius 2 is 2.03 bits per heavy atom. The van der Waals surface area contributed by atoms with Gasteiger partial charge in [0.15, 0.2) is 17.5 Å². The van der Waals surface area contributed by atoms with Gasteiger partial charge in [-0.3, -0.25) is 4.79 Å². The summed E-state index contributed by atoms with van der Waals surface area (Å²) in [6, 6.07) is 4.82. The average Bonchev–Trinajstić information content (AvgIpc) is 3.38. The second kappa shape index (κ2) is 6.76. The number of fused-ring (bicyclic) bond motifs is 5. The number of aromatic amines is 1. The van der Waals surface area contributed by atoms with E-state index in [0.717, 1.165) is 36.6 Å². The molecule has 3 saturated carbocycles. The largest absolute Gasteiger partial charge is 0.481 e. The van der Waals surface area contributed by atoms with Crippen molar-refractivity contribution in [1.29, 1.82) is 0 Å². The van der Waals surface area contributed by atoms with Crippen LogP contribution in [0.1, 0.15) is 25.7 Å². The highest BCUT2D eigenvalue weighted by atomic mass is 19.1. The minimum atomic E-state index is -0.796. The Kier molecular flexibility index (Phi) is 3.99. The van der Waals surface area contributed by atoms with Gasteiger partial charge in [-0.1, -0.05) is 0 Å². The normalized spacial score (nSPS) is 25.3. The maximum atomic E-state index is 14.7. The first kappa shape index (κ1) is 18.3. The minimum absolute atomic E-state index is 0.147. The molecule has 158 valence electrons. The van der Waals surface area contributed by atoms with Crippen LogP contribution in [0.3, 0.4) is 0 Å². The number of carbonyl (C=O) groups is 1. The van der Waals surface area contributed by atoms with Crippen LogP contribution in [0, 0.1) is 23.6 Å². The topological polar surface area (TPSA) is 108 Å². The van der Waals surface area contributed by atoms with E-state index in [1.54, 1.807) is 18.6 Å². The van der Waals surface area contributed by atoms with E-state index in [2.05, 4.69) is 25.4 Å². The highest BCUT2D eigenvalue weighted by molar-refractivity contribution is 5.92. The second-order valence-electron chi connectivity index (χ2n) is 8.55. The second-order valence-corrected chi connectivity index (χ2v) is 8.55. The molecule has 31 heavy (non-hydrogen) atoms. The number of aromatic nitrogens is 5. The van der Waals surface area contributed by atoms with Crippen LogP contribution < -0.4 is 5.32 Å². The van der Waals surface area contributed by atoms with Crippen LogP contribution in [0.4, 0.5) is 10.2 Å². The molecule has 0 radical (unpaired) electrons. The standard InChI is InChI=1S/C22H21FN6O2/c23-15-7-9-29-18(15)21(26-17-12-5-3-11(4-6-12)16(17)22(30)31)27-20(28-29)14-10-25-19-13(14)2-1-8-24-19/h1-2,7-12,16-17H,3-6H2,(H,24,25)(H,30,31)(H,26,27,28). The highest BCUT2D eigenvalue weighted by Crippen LogP contribution is 2.46. The summed E-state index contributed by atoms with van der Waals surface area (Å²) in [6.45, 7) is 0. The van der Waals surface area contributed by atoms with E-state index in [4.69, 9.17) is 0 Å². The number of H-pyrrole nitrogens is 1. The summed E-state index contributed by atoms with van der Waals surface area (Å²) in [6.07, 6.45) is 8.88. The van der Waals surface area contributed by atoms with Gasteiger partial charge in [-0.15, -0.1) is 5.10 Å². The van der Waals surface area contributed by atoms with E-state index in [9.17, 15) is 14.3 Å². The zero-order valence-corrected chi connectivity index (χ0v) is 16.6. The van der Waals surface area contributed by atoms with Crippen molar-refractivity contribution in [2.24, 2.45) is 17.8 Å². The van der Waals surface area contributed by atoms with Gasteiger partial charge >= 0.3 is 5.97 Å². The number of carboxylic acid groups (broad SMARTS) is 1. The molecule has 0 saturated heterocycles. The molecule has 8 nitrogen and oxygen atoms in total. The summed E-state index contributed by atoms with van der Waals surface area (Å²) in [5, 5.41) is 18.6. The molecule has 3 aliphatic rings. The van der Waals surface area contributed by atoms with E-state index in [0.29, 0.717) is 17.3 Å². The average molecular weight is 420 g/mol. The molecular weight excluding hydrogens is 399 g/mol.